The van der Waals surface area contributed by atoms with E-state index in [1.165, 1.54) is 5.56 Å². The van der Waals surface area contributed by atoms with Crippen LogP contribution in [-0.2, 0) is 29.0 Å². The Labute approximate surface area is 215 Å². The Hall–Kier alpha value is -3.27. The molecule has 3 N–H and O–H groups in total. The number of carboxylic acids is 1. The van der Waals surface area contributed by atoms with E-state index in [1.54, 1.807) is 0 Å². The van der Waals surface area contributed by atoms with Gasteiger partial charge in [0.2, 0.25) is 0 Å². The van der Waals surface area contributed by atoms with Gasteiger partial charge < -0.3 is 25.4 Å². The topological polar surface area (TPSA) is 104 Å². The number of benzene rings is 1. The first kappa shape index (κ1) is 26.8. The lowest BCUT2D eigenvalue weighted by atomic mass is 10.1. The van der Waals surface area contributed by atoms with Crippen LogP contribution in [0.1, 0.15) is 55.3 Å². The van der Waals surface area contributed by atoms with Gasteiger partial charge in [0.25, 0.3) is 0 Å². The molecule has 200 valence electrons. The number of carbonyl (C=O) groups excluding carboxylic acids is 1. The maximum Gasteiger partial charge on any atom is 0.408 e. The number of amides is 1. The molecular weight excluding hydrogens is 482 g/mol. The number of aliphatic carboxylic acids is 1. The van der Waals surface area contributed by atoms with Gasteiger partial charge >= 0.3 is 12.1 Å². The molecule has 0 bridgehead atoms. The molecule has 8 nitrogen and oxygen atoms in total. The predicted molar refractivity (Wildman–Crippen MR) is 134 cm³/mol. The molecule has 1 aromatic carbocycles. The van der Waals surface area contributed by atoms with Crippen LogP contribution in [0.2, 0.25) is 0 Å². The number of ether oxygens (including phenoxy) is 1. The van der Waals surface area contributed by atoms with Gasteiger partial charge in [-0.25, -0.2) is 23.4 Å². The van der Waals surface area contributed by atoms with E-state index in [0.29, 0.717) is 12.6 Å². The number of carboxylic acid groups (broad SMARTS) is 1. The SMILES string of the molecule is O=C(N[C@@H](CCN(CCCCc1ccc2c(n1)NCCC2)C1CC1)C(=O)O)OCc1cc(F)cc(F)c1. The number of aromatic nitrogens is 1. The molecule has 0 radical (unpaired) electrons. The van der Waals surface area contributed by atoms with Crippen molar-refractivity contribution in [3.8, 4) is 0 Å². The third-order valence-corrected chi connectivity index (χ3v) is 6.73. The average molecular weight is 517 g/mol. The summed E-state index contributed by atoms with van der Waals surface area (Å²) in [6.45, 7) is 2.00. The molecule has 1 amide bonds. The summed E-state index contributed by atoms with van der Waals surface area (Å²) in [6.07, 6.45) is 6.54. The zero-order valence-electron chi connectivity index (χ0n) is 20.8. The Morgan fingerprint density at radius 2 is 1.95 bits per heavy atom. The fourth-order valence-corrected chi connectivity index (χ4v) is 4.63. The monoisotopic (exact) mass is 516 g/mol. The lowest BCUT2D eigenvalue weighted by molar-refractivity contribution is -0.139. The first-order valence-electron chi connectivity index (χ1n) is 12.9. The highest BCUT2D eigenvalue weighted by Gasteiger charge is 2.30. The first-order chi connectivity index (χ1) is 17.9. The Bertz CT molecular complexity index is 1080. The van der Waals surface area contributed by atoms with E-state index in [4.69, 9.17) is 9.72 Å². The molecule has 1 fully saturated rings. The molecule has 1 atom stereocenters. The van der Waals surface area contributed by atoms with Crippen LogP contribution in [-0.4, -0.2) is 58.8 Å². The van der Waals surface area contributed by atoms with Crippen molar-refractivity contribution in [1.82, 2.24) is 15.2 Å². The molecule has 1 aromatic heterocycles. The van der Waals surface area contributed by atoms with Gasteiger partial charge in [-0.3, -0.25) is 0 Å². The van der Waals surface area contributed by atoms with Gasteiger partial charge in [0.1, 0.15) is 30.1 Å². The summed E-state index contributed by atoms with van der Waals surface area (Å²) in [7, 11) is 0. The number of aryl methyl sites for hydroxylation is 2. The van der Waals surface area contributed by atoms with Gasteiger partial charge in [-0.15, -0.1) is 0 Å². The largest absolute Gasteiger partial charge is 0.480 e. The summed E-state index contributed by atoms with van der Waals surface area (Å²) in [5.74, 6) is -1.70. The third kappa shape index (κ3) is 8.38. The molecule has 1 aliphatic heterocycles. The molecular formula is C27H34F2N4O4. The van der Waals surface area contributed by atoms with Crippen molar-refractivity contribution in [3.63, 3.8) is 0 Å². The molecule has 2 aromatic rings. The van der Waals surface area contributed by atoms with E-state index in [2.05, 4.69) is 27.7 Å². The van der Waals surface area contributed by atoms with Crippen LogP contribution in [0, 0.1) is 11.6 Å². The van der Waals surface area contributed by atoms with Gasteiger partial charge in [0.05, 0.1) is 0 Å². The molecule has 2 aliphatic rings. The molecule has 1 saturated carbocycles. The molecule has 0 saturated heterocycles. The van der Waals surface area contributed by atoms with Gasteiger partial charge in [0.15, 0.2) is 0 Å². The highest BCUT2D eigenvalue weighted by atomic mass is 19.1. The molecule has 10 heteroatoms. The number of hydrogen-bond donors (Lipinski definition) is 3. The number of hydrogen-bond acceptors (Lipinski definition) is 6. The Balaban J connectivity index is 1.19. The maximum atomic E-state index is 13.3. The molecule has 4 rings (SSSR count). The number of fused-ring (bicyclic) bond motifs is 1. The van der Waals surface area contributed by atoms with E-state index in [9.17, 15) is 23.5 Å². The molecule has 1 aliphatic carbocycles. The smallest absolute Gasteiger partial charge is 0.408 e. The van der Waals surface area contributed by atoms with Crippen LogP contribution in [0.3, 0.4) is 0 Å². The van der Waals surface area contributed by atoms with Crippen LogP contribution >= 0.6 is 0 Å². The fourth-order valence-electron chi connectivity index (χ4n) is 4.63. The van der Waals surface area contributed by atoms with Crippen molar-refractivity contribution in [2.75, 3.05) is 25.0 Å². The summed E-state index contributed by atoms with van der Waals surface area (Å²) in [5, 5.41) is 15.3. The molecule has 0 unspecified atom stereocenters. The number of anilines is 1. The minimum atomic E-state index is -1.16. The first-order valence-corrected chi connectivity index (χ1v) is 12.9. The Kier molecular flexibility index (Phi) is 9.27. The van der Waals surface area contributed by atoms with Crippen molar-refractivity contribution >= 4 is 17.9 Å². The Morgan fingerprint density at radius 1 is 1.16 bits per heavy atom. The lowest BCUT2D eigenvalue weighted by Gasteiger charge is -2.24. The van der Waals surface area contributed by atoms with E-state index >= 15 is 0 Å². The number of pyridine rings is 1. The molecule has 2 heterocycles. The number of alkyl carbamates (subject to hydrolysis) is 1. The minimum Gasteiger partial charge on any atom is -0.480 e. The highest BCUT2D eigenvalue weighted by Crippen LogP contribution is 2.27. The normalized spacial score (nSPS) is 15.5. The van der Waals surface area contributed by atoms with Crippen molar-refractivity contribution in [2.24, 2.45) is 0 Å². The van der Waals surface area contributed by atoms with Gasteiger partial charge in [0, 0.05) is 30.9 Å². The second-order valence-electron chi connectivity index (χ2n) is 9.74. The summed E-state index contributed by atoms with van der Waals surface area (Å²) in [6, 6.07) is 6.44. The summed E-state index contributed by atoms with van der Waals surface area (Å²) in [4.78, 5) is 30.9. The van der Waals surface area contributed by atoms with Crippen molar-refractivity contribution in [1.29, 1.82) is 0 Å². The van der Waals surface area contributed by atoms with Crippen LogP contribution in [0.4, 0.5) is 19.4 Å². The van der Waals surface area contributed by atoms with Crippen molar-refractivity contribution in [3.05, 3.63) is 58.8 Å². The number of nitrogens with zero attached hydrogens (tertiary/aromatic N) is 2. The quantitative estimate of drug-likeness (QED) is 0.342. The average Bonchev–Trinajstić information content (AvgIpc) is 3.71. The number of nitrogens with one attached hydrogen (secondary N) is 2. The second kappa shape index (κ2) is 12.8. The Morgan fingerprint density at radius 3 is 2.68 bits per heavy atom. The van der Waals surface area contributed by atoms with Crippen molar-refractivity contribution in [2.45, 2.75) is 70.1 Å². The number of carbonyl (C=O) groups is 2. The summed E-state index contributed by atoms with van der Waals surface area (Å²) < 4.78 is 31.5. The van der Waals surface area contributed by atoms with Crippen LogP contribution in [0.25, 0.3) is 0 Å². The van der Waals surface area contributed by atoms with Crippen molar-refractivity contribution < 1.29 is 28.2 Å². The number of unbranched alkanes of at least 4 members (excludes halogenated alkanes) is 1. The third-order valence-electron chi connectivity index (χ3n) is 6.73. The zero-order chi connectivity index (χ0) is 26.2. The van der Waals surface area contributed by atoms with E-state index < -0.39 is 29.7 Å². The fraction of sp³-hybridized carbons (Fsp3) is 0.519. The van der Waals surface area contributed by atoms with Gasteiger partial charge in [-0.1, -0.05) is 6.07 Å². The van der Waals surface area contributed by atoms with E-state index in [0.717, 1.165) is 87.7 Å². The molecule has 37 heavy (non-hydrogen) atoms. The maximum absolute atomic E-state index is 13.3. The molecule has 0 spiro atoms. The van der Waals surface area contributed by atoms with Crippen LogP contribution in [0.15, 0.2) is 30.3 Å². The van der Waals surface area contributed by atoms with Crippen LogP contribution < -0.4 is 10.6 Å². The summed E-state index contributed by atoms with van der Waals surface area (Å²) in [5.41, 5.74) is 2.50. The van der Waals surface area contributed by atoms with Crippen LogP contribution in [0.5, 0.6) is 0 Å². The minimum absolute atomic E-state index is 0.140. The summed E-state index contributed by atoms with van der Waals surface area (Å²) >= 11 is 0. The zero-order valence-corrected chi connectivity index (χ0v) is 20.8. The van der Waals surface area contributed by atoms with E-state index in [-0.39, 0.29) is 18.6 Å². The number of halogens is 2. The van der Waals surface area contributed by atoms with Gasteiger partial charge in [-0.05, 0) is 87.2 Å². The highest BCUT2D eigenvalue weighted by molar-refractivity contribution is 5.79. The van der Waals surface area contributed by atoms with Gasteiger partial charge in [-0.2, -0.15) is 0 Å². The number of rotatable bonds is 13. The lowest BCUT2D eigenvalue weighted by Crippen LogP contribution is -2.43. The van der Waals surface area contributed by atoms with E-state index in [1.807, 2.05) is 0 Å². The predicted octanol–water partition coefficient (Wildman–Crippen LogP) is 4.27. The standard InChI is InChI=1S/C27H34F2N4O4/c28-20-14-18(15-21(29)16-20)17-37-27(36)32-24(26(34)35)10-13-33(23-8-9-23)12-2-1-5-22-7-6-19-4-3-11-30-25(19)31-22/h6-7,14-16,23-24H,1-5,8-13,17H2,(H,30,31)(H,32,36)(H,34,35)/t24-/m0/s1. The second-order valence-corrected chi connectivity index (χ2v) is 9.74.